The minimum absolute atomic E-state index is 0.0694. The van der Waals surface area contributed by atoms with Crippen molar-refractivity contribution in [2.75, 3.05) is 23.4 Å². The second-order valence-corrected chi connectivity index (χ2v) is 8.30. The molecule has 2 aliphatic rings. The maximum Gasteiger partial charge on any atom is 0.292 e. The van der Waals surface area contributed by atoms with Crippen LogP contribution in [0.1, 0.15) is 19.3 Å². The zero-order valence-electron chi connectivity index (χ0n) is 17.3. The number of aliphatic hydroxyl groups is 1. The molecule has 0 radical (unpaired) electrons. The van der Waals surface area contributed by atoms with Crippen molar-refractivity contribution in [2.24, 2.45) is 0 Å². The Hall–Kier alpha value is -3.21. The van der Waals surface area contributed by atoms with E-state index in [2.05, 4.69) is 10.3 Å². The molecule has 2 N–H and O–H groups in total. The molecule has 3 heterocycles. The summed E-state index contributed by atoms with van der Waals surface area (Å²) in [6.45, 7) is 0.943. The van der Waals surface area contributed by atoms with Gasteiger partial charge in [-0.2, -0.15) is 0 Å². The zero-order valence-corrected chi connectivity index (χ0v) is 18.1. The predicted octanol–water partition coefficient (Wildman–Crippen LogP) is 3.02. The Morgan fingerprint density at radius 1 is 1.33 bits per heavy atom. The summed E-state index contributed by atoms with van der Waals surface area (Å²) in [6.07, 6.45) is 0.987. The number of halogens is 2. The van der Waals surface area contributed by atoms with E-state index in [1.54, 1.807) is 6.07 Å². The summed E-state index contributed by atoms with van der Waals surface area (Å²) in [6, 6.07) is 7.21. The van der Waals surface area contributed by atoms with Gasteiger partial charge in [0, 0.05) is 31.0 Å². The maximum atomic E-state index is 13.5. The summed E-state index contributed by atoms with van der Waals surface area (Å²) < 4.78 is 25.6. The lowest BCUT2D eigenvalue weighted by Crippen LogP contribution is -2.34. The van der Waals surface area contributed by atoms with Gasteiger partial charge in [0.25, 0.3) is 12.1 Å². The van der Waals surface area contributed by atoms with Crippen molar-refractivity contribution in [3.8, 4) is 5.75 Å². The van der Waals surface area contributed by atoms with Crippen LogP contribution in [0.4, 0.5) is 21.6 Å². The number of carbonyl (C=O) groups is 1. The van der Waals surface area contributed by atoms with Crippen LogP contribution in [-0.4, -0.2) is 41.5 Å². The number of amides is 1. The molecular weight excluding hydrogens is 455 g/mol. The Labute approximate surface area is 192 Å². The molecule has 1 amide bonds. The van der Waals surface area contributed by atoms with E-state index in [0.717, 1.165) is 6.33 Å². The first kappa shape index (κ1) is 21.6. The van der Waals surface area contributed by atoms with E-state index in [9.17, 15) is 19.5 Å². The molecule has 2 aromatic carbocycles. The summed E-state index contributed by atoms with van der Waals surface area (Å²) in [7, 11) is 0. The van der Waals surface area contributed by atoms with Crippen LogP contribution >= 0.6 is 11.6 Å². The van der Waals surface area contributed by atoms with Gasteiger partial charge in [0.05, 0.1) is 29.3 Å². The zero-order chi connectivity index (χ0) is 23.1. The van der Waals surface area contributed by atoms with Crippen LogP contribution in [0.2, 0.25) is 5.02 Å². The molecule has 1 unspecified atom stereocenters. The van der Waals surface area contributed by atoms with Gasteiger partial charge in [-0.05, 0) is 29.2 Å². The first-order chi connectivity index (χ1) is 15.9. The largest absolute Gasteiger partial charge is 0.710 e. The van der Waals surface area contributed by atoms with Gasteiger partial charge in [-0.1, -0.05) is 11.6 Å². The smallest absolute Gasteiger partial charge is 0.292 e. The van der Waals surface area contributed by atoms with Crippen molar-refractivity contribution in [1.29, 1.82) is 0 Å². The Balaban J connectivity index is 1.64. The number of aromatic nitrogens is 2. The summed E-state index contributed by atoms with van der Waals surface area (Å²) in [5.41, 5.74) is 1.03. The molecule has 0 bridgehead atoms. The number of carbonyl (C=O) groups excluding carboxylic acids is 1. The summed E-state index contributed by atoms with van der Waals surface area (Å²) in [5, 5.41) is 26.4. The quantitative estimate of drug-likeness (QED) is 0.432. The number of anilines is 3. The molecule has 2 atom stereocenters. The van der Waals surface area contributed by atoms with Crippen molar-refractivity contribution in [1.82, 2.24) is 4.98 Å². The Bertz CT molecular complexity index is 1240. The first-order valence-electron chi connectivity index (χ1n) is 10.4. The lowest BCUT2D eigenvalue weighted by Gasteiger charge is -2.25. The van der Waals surface area contributed by atoms with Crippen molar-refractivity contribution < 1.29 is 28.5 Å². The third-order valence-corrected chi connectivity index (χ3v) is 5.96. The molecule has 0 spiro atoms. The fourth-order valence-corrected chi connectivity index (χ4v) is 4.19. The molecule has 0 aliphatic carbocycles. The highest BCUT2D eigenvalue weighted by atomic mass is 35.5. The highest BCUT2D eigenvalue weighted by Crippen LogP contribution is 2.39. The number of rotatable bonds is 5. The predicted molar refractivity (Wildman–Crippen MR) is 118 cm³/mol. The maximum absolute atomic E-state index is 13.5. The number of nitrogens with zero attached hydrogens (tertiary/aromatic N) is 3. The summed E-state index contributed by atoms with van der Waals surface area (Å²) >= 11 is 5.88. The summed E-state index contributed by atoms with van der Waals surface area (Å²) in [4.78, 5) is 18.0. The number of hydrogen-bond donors (Lipinski definition) is 2. The lowest BCUT2D eigenvalue weighted by molar-refractivity contribution is -0.580. The van der Waals surface area contributed by atoms with Crippen LogP contribution in [0.5, 0.6) is 5.75 Å². The van der Waals surface area contributed by atoms with Crippen molar-refractivity contribution in [2.45, 2.75) is 31.6 Å². The van der Waals surface area contributed by atoms with E-state index in [1.165, 1.54) is 29.2 Å². The highest BCUT2D eigenvalue weighted by molar-refractivity contribution is 6.31. The van der Waals surface area contributed by atoms with Crippen LogP contribution in [0.3, 0.4) is 0 Å². The van der Waals surface area contributed by atoms with Crippen molar-refractivity contribution in [3.63, 3.8) is 0 Å². The van der Waals surface area contributed by atoms with Gasteiger partial charge in [-0.3, -0.25) is 9.69 Å². The standard InChI is InChI=1S/C22H20ClFN4O5/c23-15-7-12(1-2-16(15)24)26-22-14-8-18(28-20(29)3-4-21(28)30)19(33-13-5-6-32-10-13)9-17(14)27(31)11-25-22/h1-2,7-9,11,13,20,29H,3-6,10H2,(H,25,26)/t13-,20?/m0/s1. The molecule has 33 heavy (non-hydrogen) atoms. The van der Waals surface area contributed by atoms with Gasteiger partial charge < -0.3 is 25.1 Å². The molecule has 3 aromatic rings. The average molecular weight is 475 g/mol. The van der Waals surface area contributed by atoms with Gasteiger partial charge >= 0.3 is 0 Å². The monoisotopic (exact) mass is 474 g/mol. The van der Waals surface area contributed by atoms with E-state index in [0.29, 0.717) is 46.9 Å². The number of aliphatic hydroxyl groups excluding tert-OH is 1. The summed E-state index contributed by atoms with van der Waals surface area (Å²) in [5.74, 6) is -0.239. The van der Waals surface area contributed by atoms with Crippen molar-refractivity contribution in [3.05, 3.63) is 52.7 Å². The molecule has 0 saturated carbocycles. The van der Waals surface area contributed by atoms with Gasteiger partial charge in [0.15, 0.2) is 0 Å². The van der Waals surface area contributed by atoms with E-state index in [-0.39, 0.29) is 41.2 Å². The minimum atomic E-state index is -1.01. The van der Waals surface area contributed by atoms with E-state index in [1.807, 2.05) is 0 Å². The lowest BCUT2D eigenvalue weighted by atomic mass is 10.1. The highest BCUT2D eigenvalue weighted by Gasteiger charge is 2.34. The second kappa shape index (κ2) is 8.62. The molecule has 11 heteroatoms. The molecule has 2 aliphatic heterocycles. The molecule has 9 nitrogen and oxygen atoms in total. The third-order valence-electron chi connectivity index (χ3n) is 5.67. The average Bonchev–Trinajstić information content (AvgIpc) is 3.42. The van der Waals surface area contributed by atoms with Gasteiger partial charge in [-0.15, -0.1) is 0 Å². The first-order valence-corrected chi connectivity index (χ1v) is 10.8. The number of ether oxygens (including phenoxy) is 2. The second-order valence-electron chi connectivity index (χ2n) is 7.90. The van der Waals surface area contributed by atoms with Gasteiger partial charge in [0.1, 0.15) is 29.4 Å². The molecule has 172 valence electrons. The van der Waals surface area contributed by atoms with Gasteiger partial charge in [0.2, 0.25) is 5.91 Å². The van der Waals surface area contributed by atoms with Crippen LogP contribution in [0.25, 0.3) is 10.9 Å². The third kappa shape index (κ3) is 4.12. The van der Waals surface area contributed by atoms with E-state index < -0.39 is 12.0 Å². The van der Waals surface area contributed by atoms with Crippen molar-refractivity contribution >= 4 is 45.6 Å². The SMILES string of the molecule is O=C1CCC(O)N1c1cc2c(Nc3ccc(F)c(Cl)c3)nc[n+]([O-])c2cc1O[C@H]1CCOC1. The fraction of sp³-hybridized carbons (Fsp3) is 0.318. The van der Waals surface area contributed by atoms with Gasteiger partial charge in [-0.25, -0.2) is 9.12 Å². The molecular formula is C22H20ClFN4O5. The van der Waals surface area contributed by atoms with E-state index in [4.69, 9.17) is 21.1 Å². The van der Waals surface area contributed by atoms with Crippen LogP contribution < -0.4 is 19.7 Å². The number of fused-ring (bicyclic) bond motifs is 1. The molecule has 2 saturated heterocycles. The number of hydrogen-bond acceptors (Lipinski definition) is 7. The topological polar surface area (TPSA) is 111 Å². The van der Waals surface area contributed by atoms with E-state index >= 15 is 0 Å². The fourth-order valence-electron chi connectivity index (χ4n) is 4.01. The minimum Gasteiger partial charge on any atom is -0.710 e. The van der Waals surface area contributed by atoms with Crippen LogP contribution in [0, 0.1) is 11.0 Å². The van der Waals surface area contributed by atoms with Crippen LogP contribution in [0.15, 0.2) is 36.7 Å². The molecule has 5 rings (SSSR count). The number of nitrogens with one attached hydrogen (secondary N) is 1. The Morgan fingerprint density at radius 3 is 2.88 bits per heavy atom. The molecule has 2 fully saturated rings. The Morgan fingerprint density at radius 2 is 2.18 bits per heavy atom. The normalized spacial score (nSPS) is 20.6. The Kier molecular flexibility index (Phi) is 5.65. The molecule has 1 aromatic heterocycles. The number of benzene rings is 2. The van der Waals surface area contributed by atoms with Crippen LogP contribution in [-0.2, 0) is 9.53 Å².